The quantitative estimate of drug-likeness (QED) is 0.680. The summed E-state index contributed by atoms with van der Waals surface area (Å²) in [5.41, 5.74) is 4.49. The van der Waals surface area contributed by atoms with Gasteiger partial charge in [-0.1, -0.05) is 6.07 Å². The lowest BCUT2D eigenvalue weighted by Crippen LogP contribution is -1.96. The molecule has 0 unspecified atom stereocenters. The molecule has 0 saturated heterocycles. The molecule has 3 heterocycles. The van der Waals surface area contributed by atoms with Gasteiger partial charge in [-0.15, -0.1) is 0 Å². The van der Waals surface area contributed by atoms with Gasteiger partial charge < -0.3 is 28.6 Å². The number of nitrogens with zero attached hydrogens (tertiary/aromatic N) is 1. The van der Waals surface area contributed by atoms with E-state index in [4.69, 9.17) is 24.1 Å². The average molecular weight is 391 g/mol. The minimum atomic E-state index is -1.000. The Morgan fingerprint density at radius 2 is 1.48 bits per heavy atom. The van der Waals surface area contributed by atoms with Gasteiger partial charge in [0.2, 0.25) is 13.6 Å². The summed E-state index contributed by atoms with van der Waals surface area (Å²) in [4.78, 5) is 11.0. The Morgan fingerprint density at radius 1 is 0.897 bits per heavy atom. The number of carboxylic acid groups (broad SMARTS) is 1. The molecule has 0 atom stereocenters. The van der Waals surface area contributed by atoms with E-state index >= 15 is 0 Å². The maximum Gasteiger partial charge on any atom is 0.328 e. The van der Waals surface area contributed by atoms with Crippen molar-refractivity contribution in [1.29, 1.82) is 0 Å². The number of hydrogen-bond donors (Lipinski definition) is 1. The maximum absolute atomic E-state index is 11.0. The second-order valence-electron chi connectivity index (χ2n) is 6.70. The van der Waals surface area contributed by atoms with Crippen LogP contribution in [0, 0.1) is 0 Å². The summed E-state index contributed by atoms with van der Waals surface area (Å²) >= 11 is 0. The summed E-state index contributed by atoms with van der Waals surface area (Å²) in [5, 5.41) is 9.03. The van der Waals surface area contributed by atoms with E-state index in [-0.39, 0.29) is 13.6 Å². The number of fused-ring (bicyclic) bond motifs is 2. The van der Waals surface area contributed by atoms with Crippen LogP contribution in [0.5, 0.6) is 23.0 Å². The van der Waals surface area contributed by atoms with Crippen LogP contribution in [-0.4, -0.2) is 29.2 Å². The standard InChI is InChI=1S/C22H17NO6/c1-23-15(4-7-21(24)25)10-16(13-2-5-17-19(8-13)28-11-26-17)22(23)14-3-6-18-20(9-14)29-12-27-18/h2-10H,11-12H2,1H3,(H,24,25)/b7-4+. The predicted octanol–water partition coefficient (Wildman–Crippen LogP) is 3.91. The van der Waals surface area contributed by atoms with E-state index in [1.165, 1.54) is 0 Å². The van der Waals surface area contributed by atoms with Crippen LogP contribution < -0.4 is 18.9 Å². The lowest BCUT2D eigenvalue weighted by molar-refractivity contribution is -0.131. The van der Waals surface area contributed by atoms with E-state index in [9.17, 15) is 4.79 Å². The average Bonchev–Trinajstić information content (AvgIpc) is 3.43. The normalized spacial score (nSPS) is 14.0. The molecule has 7 heteroatoms. The van der Waals surface area contributed by atoms with Crippen LogP contribution in [0.2, 0.25) is 0 Å². The molecular weight excluding hydrogens is 374 g/mol. The Hall–Kier alpha value is -3.87. The lowest BCUT2D eigenvalue weighted by atomic mass is 10.0. The van der Waals surface area contributed by atoms with Crippen LogP contribution in [0.1, 0.15) is 5.69 Å². The molecule has 5 rings (SSSR count). The Bertz CT molecular complexity index is 1160. The van der Waals surface area contributed by atoms with Gasteiger partial charge in [-0.25, -0.2) is 4.79 Å². The Labute approximate surface area is 166 Å². The zero-order valence-electron chi connectivity index (χ0n) is 15.5. The van der Waals surface area contributed by atoms with Crippen molar-refractivity contribution in [1.82, 2.24) is 4.57 Å². The highest BCUT2D eigenvalue weighted by Gasteiger charge is 2.21. The first-order chi connectivity index (χ1) is 14.1. The van der Waals surface area contributed by atoms with Crippen LogP contribution in [0.3, 0.4) is 0 Å². The smallest absolute Gasteiger partial charge is 0.328 e. The molecule has 146 valence electrons. The van der Waals surface area contributed by atoms with Gasteiger partial charge in [0.1, 0.15) is 0 Å². The van der Waals surface area contributed by atoms with E-state index in [0.717, 1.165) is 34.2 Å². The van der Waals surface area contributed by atoms with Crippen molar-refractivity contribution >= 4 is 12.0 Å². The first-order valence-corrected chi connectivity index (χ1v) is 9.01. The number of benzene rings is 2. The van der Waals surface area contributed by atoms with Gasteiger partial charge in [0.15, 0.2) is 23.0 Å². The number of aromatic nitrogens is 1. The van der Waals surface area contributed by atoms with E-state index < -0.39 is 5.97 Å². The highest BCUT2D eigenvalue weighted by molar-refractivity contribution is 5.89. The summed E-state index contributed by atoms with van der Waals surface area (Å²) in [7, 11) is 1.90. The number of aliphatic carboxylic acids is 1. The molecule has 0 spiro atoms. The maximum atomic E-state index is 11.0. The summed E-state index contributed by atoms with van der Waals surface area (Å²) in [6.07, 6.45) is 2.71. The fraction of sp³-hybridized carbons (Fsp3) is 0.136. The van der Waals surface area contributed by atoms with Gasteiger partial charge in [0.25, 0.3) is 0 Å². The Balaban J connectivity index is 1.69. The second-order valence-corrected chi connectivity index (χ2v) is 6.70. The van der Waals surface area contributed by atoms with Crippen molar-refractivity contribution < 1.29 is 28.8 Å². The zero-order chi connectivity index (χ0) is 20.0. The molecule has 0 saturated carbocycles. The SMILES string of the molecule is Cn1c(/C=C/C(=O)O)cc(-c2ccc3c(c2)OCO3)c1-c1ccc2c(c1)OCO2. The van der Waals surface area contributed by atoms with E-state index in [1.807, 2.05) is 54.1 Å². The molecular formula is C22H17NO6. The van der Waals surface area contributed by atoms with Crippen LogP contribution >= 0.6 is 0 Å². The molecule has 2 aliphatic heterocycles. The predicted molar refractivity (Wildman–Crippen MR) is 105 cm³/mol. The van der Waals surface area contributed by atoms with E-state index in [1.54, 1.807) is 6.08 Å². The fourth-order valence-electron chi connectivity index (χ4n) is 3.62. The molecule has 2 aliphatic rings. The minimum Gasteiger partial charge on any atom is -0.478 e. The lowest BCUT2D eigenvalue weighted by Gasteiger charge is -2.10. The molecule has 1 N–H and O–H groups in total. The zero-order valence-corrected chi connectivity index (χ0v) is 15.5. The first-order valence-electron chi connectivity index (χ1n) is 9.01. The molecule has 0 radical (unpaired) electrons. The van der Waals surface area contributed by atoms with Crippen molar-refractivity contribution in [3.63, 3.8) is 0 Å². The fourth-order valence-corrected chi connectivity index (χ4v) is 3.62. The number of carboxylic acids is 1. The first kappa shape index (κ1) is 17.2. The molecule has 1 aromatic heterocycles. The summed E-state index contributed by atoms with van der Waals surface area (Å²) in [6.45, 7) is 0.405. The molecule has 29 heavy (non-hydrogen) atoms. The molecule has 0 bridgehead atoms. The third kappa shape index (κ3) is 2.97. The van der Waals surface area contributed by atoms with Gasteiger partial charge >= 0.3 is 5.97 Å². The van der Waals surface area contributed by atoms with Crippen molar-refractivity contribution in [3.05, 3.63) is 54.2 Å². The summed E-state index contributed by atoms with van der Waals surface area (Å²) in [5.74, 6) is 1.79. The van der Waals surface area contributed by atoms with Gasteiger partial charge in [-0.05, 0) is 48.0 Å². The Kier molecular flexibility index (Phi) is 3.94. The molecule has 0 amide bonds. The van der Waals surface area contributed by atoms with E-state index in [0.29, 0.717) is 23.0 Å². The van der Waals surface area contributed by atoms with Crippen LogP contribution in [0.4, 0.5) is 0 Å². The second kappa shape index (κ2) is 6.63. The number of carbonyl (C=O) groups is 1. The van der Waals surface area contributed by atoms with Gasteiger partial charge in [0, 0.05) is 29.9 Å². The monoisotopic (exact) mass is 391 g/mol. The van der Waals surface area contributed by atoms with E-state index in [2.05, 4.69) is 0 Å². The minimum absolute atomic E-state index is 0.202. The largest absolute Gasteiger partial charge is 0.478 e. The van der Waals surface area contributed by atoms with Crippen molar-refractivity contribution in [3.8, 4) is 45.4 Å². The molecule has 2 aromatic carbocycles. The van der Waals surface area contributed by atoms with Crippen LogP contribution in [0.15, 0.2) is 48.5 Å². The third-order valence-corrected chi connectivity index (χ3v) is 5.00. The summed E-state index contributed by atoms with van der Waals surface area (Å²) < 4.78 is 23.8. The Morgan fingerprint density at radius 3 is 2.14 bits per heavy atom. The highest BCUT2D eigenvalue weighted by atomic mass is 16.7. The third-order valence-electron chi connectivity index (χ3n) is 5.00. The van der Waals surface area contributed by atoms with Crippen molar-refractivity contribution in [2.45, 2.75) is 0 Å². The van der Waals surface area contributed by atoms with Gasteiger partial charge in [-0.3, -0.25) is 0 Å². The molecule has 7 nitrogen and oxygen atoms in total. The molecule has 0 aliphatic carbocycles. The molecule has 0 fully saturated rings. The summed E-state index contributed by atoms with van der Waals surface area (Å²) in [6, 6.07) is 13.5. The number of rotatable bonds is 4. The van der Waals surface area contributed by atoms with Crippen LogP contribution in [-0.2, 0) is 11.8 Å². The van der Waals surface area contributed by atoms with Crippen molar-refractivity contribution in [2.24, 2.45) is 7.05 Å². The van der Waals surface area contributed by atoms with Gasteiger partial charge in [0.05, 0.1) is 5.69 Å². The number of ether oxygens (including phenoxy) is 4. The molecule has 3 aromatic rings. The highest BCUT2D eigenvalue weighted by Crippen LogP contribution is 2.43. The van der Waals surface area contributed by atoms with Crippen molar-refractivity contribution in [2.75, 3.05) is 13.6 Å². The van der Waals surface area contributed by atoms with Gasteiger partial charge in [-0.2, -0.15) is 0 Å². The topological polar surface area (TPSA) is 79.2 Å². The number of hydrogen-bond acceptors (Lipinski definition) is 5. The van der Waals surface area contributed by atoms with Crippen LogP contribution in [0.25, 0.3) is 28.5 Å².